The van der Waals surface area contributed by atoms with Crippen LogP contribution in [-0.2, 0) is 6.61 Å². The molecule has 1 aromatic heterocycles. The normalized spacial score (nSPS) is 10.4. The highest BCUT2D eigenvalue weighted by Gasteiger charge is 2.03. The van der Waals surface area contributed by atoms with Gasteiger partial charge in [0.15, 0.2) is 0 Å². The van der Waals surface area contributed by atoms with Gasteiger partial charge in [-0.2, -0.15) is 0 Å². The minimum absolute atomic E-state index is 0.447. The lowest BCUT2D eigenvalue weighted by Crippen LogP contribution is -1.95. The predicted molar refractivity (Wildman–Crippen MR) is 77.7 cm³/mol. The van der Waals surface area contributed by atoms with Gasteiger partial charge in [-0.1, -0.05) is 35.0 Å². The minimum Gasteiger partial charge on any atom is -0.489 e. The van der Waals surface area contributed by atoms with E-state index >= 15 is 0 Å². The lowest BCUT2D eigenvalue weighted by Gasteiger charge is -2.08. The summed E-state index contributed by atoms with van der Waals surface area (Å²) < 4.78 is 10.5. The first-order valence-corrected chi connectivity index (χ1v) is 6.58. The van der Waals surface area contributed by atoms with Crippen LogP contribution in [0.25, 0.3) is 11.3 Å². The van der Waals surface area contributed by atoms with Gasteiger partial charge in [-0.25, -0.2) is 0 Å². The van der Waals surface area contributed by atoms with E-state index in [1.165, 1.54) is 0 Å². The Hall–Kier alpha value is -2.26. The quantitative estimate of drug-likeness (QED) is 0.704. The van der Waals surface area contributed by atoms with Gasteiger partial charge in [0.2, 0.25) is 0 Å². The SMILES string of the molecule is Clc1ccccc1COc1ccc(-c2ccon2)cc1. The fraction of sp³-hybridized carbons (Fsp3) is 0.0625. The van der Waals surface area contributed by atoms with E-state index < -0.39 is 0 Å². The van der Waals surface area contributed by atoms with Gasteiger partial charge in [0.05, 0.1) is 0 Å². The Morgan fingerprint density at radius 1 is 1.00 bits per heavy atom. The predicted octanol–water partition coefficient (Wildman–Crippen LogP) is 4.57. The van der Waals surface area contributed by atoms with Crippen LogP contribution in [0.15, 0.2) is 65.4 Å². The lowest BCUT2D eigenvalue weighted by molar-refractivity contribution is 0.306. The molecule has 0 fully saturated rings. The highest BCUT2D eigenvalue weighted by atomic mass is 35.5. The molecule has 100 valence electrons. The summed E-state index contributed by atoms with van der Waals surface area (Å²) >= 11 is 6.08. The Morgan fingerprint density at radius 3 is 2.50 bits per heavy atom. The van der Waals surface area contributed by atoms with Crippen molar-refractivity contribution in [2.24, 2.45) is 0 Å². The molecule has 20 heavy (non-hydrogen) atoms. The summed E-state index contributed by atoms with van der Waals surface area (Å²) in [5.41, 5.74) is 2.77. The average Bonchev–Trinajstić information content (AvgIpc) is 3.01. The molecule has 0 bridgehead atoms. The van der Waals surface area contributed by atoms with E-state index in [1.807, 2.05) is 54.6 Å². The van der Waals surface area contributed by atoms with Gasteiger partial charge in [0, 0.05) is 22.2 Å². The zero-order valence-corrected chi connectivity index (χ0v) is 11.4. The molecular weight excluding hydrogens is 274 g/mol. The first-order valence-electron chi connectivity index (χ1n) is 6.20. The number of hydrogen-bond donors (Lipinski definition) is 0. The lowest BCUT2D eigenvalue weighted by atomic mass is 10.1. The van der Waals surface area contributed by atoms with Crippen LogP contribution >= 0.6 is 11.6 Å². The second kappa shape index (κ2) is 5.80. The van der Waals surface area contributed by atoms with Crippen molar-refractivity contribution in [3.05, 3.63) is 71.4 Å². The van der Waals surface area contributed by atoms with Gasteiger partial charge in [-0.3, -0.25) is 0 Å². The first-order chi connectivity index (χ1) is 9.83. The monoisotopic (exact) mass is 285 g/mol. The van der Waals surface area contributed by atoms with Crippen LogP contribution in [0.4, 0.5) is 0 Å². The van der Waals surface area contributed by atoms with Crippen LogP contribution in [0.3, 0.4) is 0 Å². The van der Waals surface area contributed by atoms with Gasteiger partial charge in [-0.05, 0) is 30.3 Å². The number of ether oxygens (including phenoxy) is 1. The van der Waals surface area contributed by atoms with E-state index in [-0.39, 0.29) is 0 Å². The molecule has 0 radical (unpaired) electrons. The Kier molecular flexibility index (Phi) is 3.70. The number of halogens is 1. The number of rotatable bonds is 4. The molecule has 0 spiro atoms. The van der Waals surface area contributed by atoms with Crippen molar-refractivity contribution in [1.29, 1.82) is 0 Å². The van der Waals surface area contributed by atoms with Crippen molar-refractivity contribution < 1.29 is 9.26 Å². The molecule has 2 aromatic carbocycles. The van der Waals surface area contributed by atoms with Crippen molar-refractivity contribution in [2.45, 2.75) is 6.61 Å². The van der Waals surface area contributed by atoms with E-state index in [0.29, 0.717) is 11.6 Å². The highest BCUT2D eigenvalue weighted by Crippen LogP contribution is 2.22. The Balaban J connectivity index is 1.68. The fourth-order valence-electron chi connectivity index (χ4n) is 1.86. The third-order valence-corrected chi connectivity index (χ3v) is 3.31. The Labute approximate surface area is 121 Å². The zero-order valence-electron chi connectivity index (χ0n) is 10.6. The summed E-state index contributed by atoms with van der Waals surface area (Å²) in [7, 11) is 0. The summed E-state index contributed by atoms with van der Waals surface area (Å²) in [5.74, 6) is 0.789. The van der Waals surface area contributed by atoms with Crippen LogP contribution in [0, 0.1) is 0 Å². The maximum atomic E-state index is 6.08. The Bertz CT molecular complexity index is 678. The van der Waals surface area contributed by atoms with E-state index in [0.717, 1.165) is 22.6 Å². The van der Waals surface area contributed by atoms with E-state index in [9.17, 15) is 0 Å². The van der Waals surface area contributed by atoms with Gasteiger partial charge in [0.25, 0.3) is 0 Å². The van der Waals surface area contributed by atoms with Crippen molar-refractivity contribution in [2.75, 3.05) is 0 Å². The molecule has 0 N–H and O–H groups in total. The summed E-state index contributed by atoms with van der Waals surface area (Å²) in [6, 6.07) is 17.2. The zero-order chi connectivity index (χ0) is 13.8. The molecule has 3 rings (SSSR count). The maximum absolute atomic E-state index is 6.08. The average molecular weight is 286 g/mol. The molecule has 1 heterocycles. The van der Waals surface area contributed by atoms with Gasteiger partial charge >= 0.3 is 0 Å². The third-order valence-electron chi connectivity index (χ3n) is 2.94. The molecule has 0 aliphatic heterocycles. The van der Waals surface area contributed by atoms with E-state index in [4.69, 9.17) is 20.9 Å². The molecule has 0 aliphatic carbocycles. The summed E-state index contributed by atoms with van der Waals surface area (Å²) in [6.07, 6.45) is 1.55. The van der Waals surface area contributed by atoms with Gasteiger partial charge in [0.1, 0.15) is 24.3 Å². The van der Waals surface area contributed by atoms with Crippen molar-refractivity contribution in [1.82, 2.24) is 5.16 Å². The largest absolute Gasteiger partial charge is 0.489 e. The minimum atomic E-state index is 0.447. The fourth-order valence-corrected chi connectivity index (χ4v) is 2.05. The number of hydrogen-bond acceptors (Lipinski definition) is 3. The Morgan fingerprint density at radius 2 is 1.80 bits per heavy atom. The summed E-state index contributed by atoms with van der Waals surface area (Å²) in [4.78, 5) is 0. The van der Waals surface area contributed by atoms with Crippen LogP contribution in [0.2, 0.25) is 5.02 Å². The number of aromatic nitrogens is 1. The van der Waals surface area contributed by atoms with E-state index in [1.54, 1.807) is 6.26 Å². The third kappa shape index (κ3) is 2.83. The molecular formula is C16H12ClNO2. The number of nitrogens with zero attached hydrogens (tertiary/aromatic N) is 1. The molecule has 0 aliphatic rings. The second-order valence-corrected chi connectivity index (χ2v) is 4.70. The van der Waals surface area contributed by atoms with Crippen LogP contribution in [0.1, 0.15) is 5.56 Å². The van der Waals surface area contributed by atoms with Gasteiger partial charge < -0.3 is 9.26 Å². The first kappa shape index (κ1) is 12.8. The van der Waals surface area contributed by atoms with Crippen molar-refractivity contribution in [3.8, 4) is 17.0 Å². The molecule has 3 nitrogen and oxygen atoms in total. The van der Waals surface area contributed by atoms with Crippen molar-refractivity contribution in [3.63, 3.8) is 0 Å². The smallest absolute Gasteiger partial charge is 0.124 e. The highest BCUT2D eigenvalue weighted by molar-refractivity contribution is 6.31. The van der Waals surface area contributed by atoms with Crippen LogP contribution < -0.4 is 4.74 Å². The second-order valence-electron chi connectivity index (χ2n) is 4.29. The molecule has 0 saturated carbocycles. The molecule has 4 heteroatoms. The molecule has 0 unspecified atom stereocenters. The van der Waals surface area contributed by atoms with Crippen LogP contribution in [0.5, 0.6) is 5.75 Å². The molecule has 0 atom stereocenters. The molecule has 0 saturated heterocycles. The summed E-state index contributed by atoms with van der Waals surface area (Å²) in [5, 5.41) is 4.60. The topological polar surface area (TPSA) is 35.3 Å². The molecule has 3 aromatic rings. The van der Waals surface area contributed by atoms with E-state index in [2.05, 4.69) is 5.16 Å². The maximum Gasteiger partial charge on any atom is 0.124 e. The standard InChI is InChI=1S/C16H12ClNO2/c17-15-4-2-1-3-13(15)11-19-14-7-5-12(6-8-14)16-9-10-20-18-16/h1-10H,11H2. The van der Waals surface area contributed by atoms with Gasteiger partial charge in [-0.15, -0.1) is 0 Å². The van der Waals surface area contributed by atoms with Crippen LogP contribution in [-0.4, -0.2) is 5.16 Å². The number of benzene rings is 2. The molecule has 0 amide bonds. The van der Waals surface area contributed by atoms with Crippen molar-refractivity contribution >= 4 is 11.6 Å². The summed E-state index contributed by atoms with van der Waals surface area (Å²) in [6.45, 7) is 0.447.